The Morgan fingerprint density at radius 3 is 2.93 bits per heavy atom. The highest BCUT2D eigenvalue weighted by Crippen LogP contribution is 2.26. The van der Waals surface area contributed by atoms with Crippen molar-refractivity contribution in [1.29, 1.82) is 0 Å². The van der Waals surface area contributed by atoms with E-state index in [0.717, 1.165) is 6.42 Å². The van der Waals surface area contributed by atoms with E-state index in [1.54, 1.807) is 18.2 Å². The molecule has 80 valence electrons. The van der Waals surface area contributed by atoms with E-state index in [-0.39, 0.29) is 6.61 Å². The van der Waals surface area contributed by atoms with E-state index < -0.39 is 0 Å². The van der Waals surface area contributed by atoms with Crippen molar-refractivity contribution < 1.29 is 9.84 Å². The summed E-state index contributed by atoms with van der Waals surface area (Å²) in [5, 5.41) is 9.63. The maximum atomic E-state index is 9.11. The molecule has 0 fully saturated rings. The molecular formula is C12H13ClO2. The van der Waals surface area contributed by atoms with Crippen molar-refractivity contribution in [3.8, 4) is 18.1 Å². The molecule has 1 aromatic rings. The van der Waals surface area contributed by atoms with Gasteiger partial charge in [0, 0.05) is 17.0 Å². The predicted octanol–water partition coefficient (Wildman–Crippen LogP) is 2.62. The minimum absolute atomic E-state index is 0.121. The van der Waals surface area contributed by atoms with Crippen LogP contribution in [-0.4, -0.2) is 11.7 Å². The van der Waals surface area contributed by atoms with Gasteiger partial charge in [-0.25, -0.2) is 0 Å². The van der Waals surface area contributed by atoms with Gasteiger partial charge in [0.05, 0.1) is 13.2 Å². The zero-order valence-electron chi connectivity index (χ0n) is 8.37. The quantitative estimate of drug-likeness (QED) is 0.616. The number of hydrogen-bond acceptors (Lipinski definition) is 2. The van der Waals surface area contributed by atoms with E-state index in [1.807, 2.05) is 0 Å². The summed E-state index contributed by atoms with van der Waals surface area (Å²) >= 11 is 5.90. The number of unbranched alkanes of at least 4 members (excludes halogenated alkanes) is 1. The lowest BCUT2D eigenvalue weighted by atomic mass is 10.2. The molecule has 0 aliphatic carbocycles. The number of benzene rings is 1. The second kappa shape index (κ2) is 6.34. The van der Waals surface area contributed by atoms with Gasteiger partial charge < -0.3 is 9.84 Å². The Hall–Kier alpha value is -1.17. The summed E-state index contributed by atoms with van der Waals surface area (Å²) in [4.78, 5) is 0. The number of terminal acetylenes is 1. The molecule has 0 saturated carbocycles. The zero-order chi connectivity index (χ0) is 11.1. The summed E-state index contributed by atoms with van der Waals surface area (Å²) in [6.07, 6.45) is 6.61. The second-order valence-corrected chi connectivity index (χ2v) is 3.44. The normalized spacial score (nSPS) is 9.67. The molecule has 0 atom stereocenters. The molecule has 0 unspecified atom stereocenters. The summed E-state index contributed by atoms with van der Waals surface area (Å²) in [5.41, 5.74) is 0.625. The van der Waals surface area contributed by atoms with Crippen molar-refractivity contribution >= 4 is 11.6 Å². The summed E-state index contributed by atoms with van der Waals surface area (Å²) in [6.45, 7) is 0.418. The average Bonchev–Trinajstić information content (AvgIpc) is 2.24. The third-order valence-electron chi connectivity index (χ3n) is 1.96. The molecule has 1 rings (SSSR count). The van der Waals surface area contributed by atoms with Gasteiger partial charge in [0.2, 0.25) is 0 Å². The molecule has 0 spiro atoms. The molecule has 1 N–H and O–H groups in total. The molecule has 0 aliphatic rings. The van der Waals surface area contributed by atoms with E-state index in [2.05, 4.69) is 5.92 Å². The predicted molar refractivity (Wildman–Crippen MR) is 60.9 cm³/mol. The van der Waals surface area contributed by atoms with Crippen LogP contribution >= 0.6 is 11.6 Å². The fourth-order valence-corrected chi connectivity index (χ4v) is 1.41. The van der Waals surface area contributed by atoms with E-state index in [1.165, 1.54) is 0 Å². The van der Waals surface area contributed by atoms with Crippen molar-refractivity contribution in [3.05, 3.63) is 28.8 Å². The minimum atomic E-state index is -0.121. The van der Waals surface area contributed by atoms with Gasteiger partial charge in [0.1, 0.15) is 5.75 Å². The molecule has 0 saturated heterocycles. The monoisotopic (exact) mass is 224 g/mol. The molecule has 0 heterocycles. The lowest BCUT2D eigenvalue weighted by Gasteiger charge is -2.10. The van der Waals surface area contributed by atoms with Crippen LogP contribution in [-0.2, 0) is 6.61 Å². The average molecular weight is 225 g/mol. The zero-order valence-corrected chi connectivity index (χ0v) is 9.13. The van der Waals surface area contributed by atoms with Crippen molar-refractivity contribution in [3.63, 3.8) is 0 Å². The lowest BCUT2D eigenvalue weighted by Crippen LogP contribution is -2.00. The molecule has 2 nitrogen and oxygen atoms in total. The highest BCUT2D eigenvalue weighted by Gasteiger charge is 2.06. The van der Waals surface area contributed by atoms with Crippen LogP contribution in [0.5, 0.6) is 5.75 Å². The minimum Gasteiger partial charge on any atom is -0.493 e. The van der Waals surface area contributed by atoms with Gasteiger partial charge in [-0.15, -0.1) is 12.3 Å². The molecule has 3 heteroatoms. The number of halogens is 1. The largest absolute Gasteiger partial charge is 0.493 e. The number of aliphatic hydroxyl groups excluding tert-OH is 1. The Morgan fingerprint density at radius 2 is 2.27 bits per heavy atom. The standard InChI is InChI=1S/C12H13ClO2/c1-2-3-4-8-15-12-7-5-6-11(13)10(12)9-14/h1,5-7,14H,3-4,8-9H2. The molecular weight excluding hydrogens is 212 g/mol. The maximum Gasteiger partial charge on any atom is 0.126 e. The molecule has 15 heavy (non-hydrogen) atoms. The van der Waals surface area contributed by atoms with E-state index >= 15 is 0 Å². The van der Waals surface area contributed by atoms with Crippen molar-refractivity contribution in [2.45, 2.75) is 19.4 Å². The summed E-state index contributed by atoms with van der Waals surface area (Å²) < 4.78 is 5.47. The fraction of sp³-hybridized carbons (Fsp3) is 0.333. The van der Waals surface area contributed by atoms with Gasteiger partial charge in [-0.1, -0.05) is 17.7 Å². The van der Waals surface area contributed by atoms with Crippen LogP contribution in [0.2, 0.25) is 5.02 Å². The summed E-state index contributed by atoms with van der Waals surface area (Å²) in [5.74, 6) is 3.17. The van der Waals surface area contributed by atoms with E-state index in [4.69, 9.17) is 27.9 Å². The van der Waals surface area contributed by atoms with Crippen LogP contribution in [0.3, 0.4) is 0 Å². The smallest absolute Gasteiger partial charge is 0.126 e. The first-order chi connectivity index (χ1) is 7.29. The maximum absolute atomic E-state index is 9.11. The van der Waals surface area contributed by atoms with Gasteiger partial charge in [0.15, 0.2) is 0 Å². The summed E-state index contributed by atoms with van der Waals surface area (Å²) in [7, 11) is 0. The first-order valence-electron chi connectivity index (χ1n) is 4.74. The molecule has 0 amide bonds. The van der Waals surface area contributed by atoms with Crippen LogP contribution < -0.4 is 4.74 Å². The summed E-state index contributed by atoms with van der Waals surface area (Å²) in [6, 6.07) is 5.30. The molecule has 0 bridgehead atoms. The number of hydrogen-bond donors (Lipinski definition) is 1. The third kappa shape index (κ3) is 3.47. The van der Waals surface area contributed by atoms with Crippen molar-refractivity contribution in [1.82, 2.24) is 0 Å². The van der Waals surface area contributed by atoms with E-state index in [9.17, 15) is 0 Å². The van der Waals surface area contributed by atoms with Gasteiger partial charge >= 0.3 is 0 Å². The molecule has 1 aromatic carbocycles. The molecule has 0 radical (unpaired) electrons. The topological polar surface area (TPSA) is 29.5 Å². The highest BCUT2D eigenvalue weighted by atomic mass is 35.5. The number of aliphatic hydroxyl groups is 1. The number of rotatable bonds is 5. The van der Waals surface area contributed by atoms with Crippen LogP contribution in [0.25, 0.3) is 0 Å². The SMILES string of the molecule is C#CCCCOc1cccc(Cl)c1CO. The van der Waals surface area contributed by atoms with Crippen LogP contribution in [0.1, 0.15) is 18.4 Å². The van der Waals surface area contributed by atoms with E-state index in [0.29, 0.717) is 29.4 Å². The van der Waals surface area contributed by atoms with Crippen molar-refractivity contribution in [2.75, 3.05) is 6.61 Å². The Labute approximate surface area is 94.8 Å². The Balaban J connectivity index is 2.60. The van der Waals surface area contributed by atoms with Gasteiger partial charge in [0.25, 0.3) is 0 Å². The van der Waals surface area contributed by atoms with Gasteiger partial charge in [-0.2, -0.15) is 0 Å². The second-order valence-electron chi connectivity index (χ2n) is 3.03. The van der Waals surface area contributed by atoms with Crippen LogP contribution in [0.4, 0.5) is 0 Å². The first-order valence-corrected chi connectivity index (χ1v) is 5.12. The van der Waals surface area contributed by atoms with Crippen molar-refractivity contribution in [2.24, 2.45) is 0 Å². The molecule has 0 aromatic heterocycles. The number of ether oxygens (including phenoxy) is 1. The lowest BCUT2D eigenvalue weighted by molar-refractivity contribution is 0.262. The van der Waals surface area contributed by atoms with Crippen LogP contribution in [0.15, 0.2) is 18.2 Å². The Morgan fingerprint density at radius 1 is 1.47 bits per heavy atom. The third-order valence-corrected chi connectivity index (χ3v) is 2.31. The van der Waals surface area contributed by atoms with Gasteiger partial charge in [-0.3, -0.25) is 0 Å². The highest BCUT2D eigenvalue weighted by molar-refractivity contribution is 6.31. The van der Waals surface area contributed by atoms with Crippen LogP contribution in [0, 0.1) is 12.3 Å². The Kier molecular flexibility index (Phi) is 5.03. The fourth-order valence-electron chi connectivity index (χ4n) is 1.18. The Bertz CT molecular complexity index is 355. The van der Waals surface area contributed by atoms with Gasteiger partial charge in [-0.05, 0) is 18.6 Å². The molecule has 0 aliphatic heterocycles. The first kappa shape index (κ1) is 11.9.